The number of carbonyl (C=O) groups excluding carboxylic acids is 2. The summed E-state index contributed by atoms with van der Waals surface area (Å²) in [7, 11) is 3.00. The van der Waals surface area contributed by atoms with E-state index in [-0.39, 0.29) is 5.11 Å². The van der Waals surface area contributed by atoms with Crippen molar-refractivity contribution >= 4 is 45.1 Å². The van der Waals surface area contributed by atoms with Crippen LogP contribution in [0.5, 0.6) is 11.5 Å². The van der Waals surface area contributed by atoms with Gasteiger partial charge in [-0.15, -0.1) is 0 Å². The summed E-state index contributed by atoms with van der Waals surface area (Å²) < 4.78 is 10.9. The molecule has 0 heterocycles. The van der Waals surface area contributed by atoms with Gasteiger partial charge < -0.3 is 9.47 Å². The first-order valence-corrected chi connectivity index (χ1v) is 8.54. The smallest absolute Gasteiger partial charge is 0.269 e. The predicted molar refractivity (Wildman–Crippen MR) is 104 cm³/mol. The number of hydrogen-bond acceptors (Lipinski definition) is 5. The molecule has 0 fully saturated rings. The average molecular weight is 438 g/mol. The highest BCUT2D eigenvalue weighted by Crippen LogP contribution is 2.22. The van der Waals surface area contributed by atoms with Crippen LogP contribution < -0.4 is 25.6 Å². The highest BCUT2D eigenvalue weighted by molar-refractivity contribution is 9.10. The summed E-state index contributed by atoms with van der Waals surface area (Å²) in [4.78, 5) is 24.3. The third kappa shape index (κ3) is 5.17. The Kier molecular flexibility index (Phi) is 6.93. The van der Waals surface area contributed by atoms with E-state index in [1.54, 1.807) is 42.5 Å². The van der Waals surface area contributed by atoms with Gasteiger partial charge in [0.05, 0.1) is 19.8 Å². The molecule has 2 aromatic carbocycles. The predicted octanol–water partition coefficient (Wildman–Crippen LogP) is 2.42. The summed E-state index contributed by atoms with van der Waals surface area (Å²) in [5.41, 5.74) is 5.59. The Morgan fingerprint density at radius 1 is 0.962 bits per heavy atom. The fraction of sp³-hybridized carbons (Fsp3) is 0.118. The number of hydrazine groups is 1. The molecule has 0 aliphatic heterocycles. The quantitative estimate of drug-likeness (QED) is 0.502. The zero-order valence-corrected chi connectivity index (χ0v) is 16.4. The first-order valence-electron chi connectivity index (χ1n) is 7.34. The van der Waals surface area contributed by atoms with E-state index in [4.69, 9.17) is 21.7 Å². The van der Waals surface area contributed by atoms with E-state index in [0.29, 0.717) is 22.6 Å². The Balaban J connectivity index is 1.93. The molecule has 0 saturated carbocycles. The number of thiocarbonyl (C=S) groups is 1. The lowest BCUT2D eigenvalue weighted by atomic mass is 10.2. The minimum Gasteiger partial charge on any atom is -0.497 e. The maximum atomic E-state index is 12.3. The SMILES string of the molecule is COc1ccc(C(=O)NNC(=S)NC(=O)c2cc(Br)ccc2OC)cc1. The number of carbonyl (C=O) groups is 2. The van der Waals surface area contributed by atoms with E-state index in [9.17, 15) is 9.59 Å². The van der Waals surface area contributed by atoms with Gasteiger partial charge in [-0.25, -0.2) is 0 Å². The van der Waals surface area contributed by atoms with Crippen LogP contribution in [0.3, 0.4) is 0 Å². The zero-order chi connectivity index (χ0) is 19.1. The summed E-state index contributed by atoms with van der Waals surface area (Å²) in [6.07, 6.45) is 0. The van der Waals surface area contributed by atoms with Crippen molar-refractivity contribution in [1.29, 1.82) is 0 Å². The summed E-state index contributed by atoms with van der Waals surface area (Å²) in [5, 5.41) is 2.41. The summed E-state index contributed by atoms with van der Waals surface area (Å²) in [6, 6.07) is 11.5. The van der Waals surface area contributed by atoms with Crippen LogP contribution in [0.2, 0.25) is 0 Å². The molecule has 0 aliphatic carbocycles. The Morgan fingerprint density at radius 2 is 1.65 bits per heavy atom. The molecule has 0 spiro atoms. The van der Waals surface area contributed by atoms with E-state index in [2.05, 4.69) is 32.1 Å². The third-order valence-electron chi connectivity index (χ3n) is 3.27. The summed E-state index contributed by atoms with van der Waals surface area (Å²) >= 11 is 8.32. The van der Waals surface area contributed by atoms with Crippen molar-refractivity contribution in [2.45, 2.75) is 0 Å². The number of methoxy groups -OCH3 is 2. The molecule has 0 unspecified atom stereocenters. The molecular weight excluding hydrogens is 422 g/mol. The zero-order valence-electron chi connectivity index (χ0n) is 14.0. The van der Waals surface area contributed by atoms with Crippen LogP contribution in [0.15, 0.2) is 46.9 Å². The highest BCUT2D eigenvalue weighted by Gasteiger charge is 2.14. The lowest BCUT2D eigenvalue weighted by Crippen LogP contribution is -2.48. The molecule has 7 nitrogen and oxygen atoms in total. The van der Waals surface area contributed by atoms with Gasteiger partial charge in [-0.2, -0.15) is 0 Å². The van der Waals surface area contributed by atoms with Crippen LogP contribution >= 0.6 is 28.1 Å². The van der Waals surface area contributed by atoms with Crippen LogP contribution in [-0.2, 0) is 0 Å². The monoisotopic (exact) mass is 437 g/mol. The molecule has 0 saturated heterocycles. The number of benzene rings is 2. The Bertz CT molecular complexity index is 827. The lowest BCUT2D eigenvalue weighted by Gasteiger charge is -2.12. The van der Waals surface area contributed by atoms with E-state index in [1.165, 1.54) is 14.2 Å². The topological polar surface area (TPSA) is 88.7 Å². The van der Waals surface area contributed by atoms with Gasteiger partial charge in [0, 0.05) is 10.0 Å². The molecule has 2 amide bonds. The van der Waals surface area contributed by atoms with Gasteiger partial charge in [-0.3, -0.25) is 25.8 Å². The minimum atomic E-state index is -0.473. The van der Waals surface area contributed by atoms with Gasteiger partial charge >= 0.3 is 0 Å². The second-order valence-corrected chi connectivity index (χ2v) is 6.26. The van der Waals surface area contributed by atoms with Crippen LogP contribution in [0.25, 0.3) is 0 Å². The molecule has 0 radical (unpaired) electrons. The van der Waals surface area contributed by atoms with Crippen molar-refractivity contribution in [2.24, 2.45) is 0 Å². The Hall–Kier alpha value is -2.65. The summed E-state index contributed by atoms with van der Waals surface area (Å²) in [6.45, 7) is 0. The molecule has 0 bridgehead atoms. The maximum Gasteiger partial charge on any atom is 0.269 e. The fourth-order valence-corrected chi connectivity index (χ4v) is 2.49. The largest absolute Gasteiger partial charge is 0.497 e. The van der Waals surface area contributed by atoms with Crippen LogP contribution in [0, 0.1) is 0 Å². The number of amides is 2. The average Bonchev–Trinajstić information content (AvgIpc) is 2.66. The van der Waals surface area contributed by atoms with E-state index >= 15 is 0 Å². The van der Waals surface area contributed by atoms with Crippen molar-refractivity contribution in [2.75, 3.05) is 14.2 Å². The standard InChI is InChI=1S/C17H16BrN3O4S/c1-24-12-6-3-10(4-7-12)15(22)20-21-17(26)19-16(23)13-9-11(18)5-8-14(13)25-2/h3-9H,1-2H3,(H,20,22)(H2,19,21,23,26). The first kappa shape index (κ1) is 19.7. The van der Waals surface area contributed by atoms with Crippen molar-refractivity contribution < 1.29 is 19.1 Å². The number of hydrogen-bond donors (Lipinski definition) is 3. The molecule has 136 valence electrons. The molecular formula is C17H16BrN3O4S. The number of rotatable bonds is 4. The number of ether oxygens (including phenoxy) is 2. The van der Waals surface area contributed by atoms with Gasteiger partial charge in [0.1, 0.15) is 11.5 Å². The molecule has 2 aromatic rings. The van der Waals surface area contributed by atoms with Gasteiger partial charge in [0.2, 0.25) is 0 Å². The molecule has 2 rings (SSSR count). The Morgan fingerprint density at radius 3 is 2.27 bits per heavy atom. The maximum absolute atomic E-state index is 12.3. The van der Waals surface area contributed by atoms with Crippen molar-refractivity contribution in [3.05, 3.63) is 58.1 Å². The molecule has 0 aliphatic rings. The number of nitrogens with one attached hydrogen (secondary N) is 3. The lowest BCUT2D eigenvalue weighted by molar-refractivity contribution is 0.0934. The van der Waals surface area contributed by atoms with Crippen molar-refractivity contribution in [3.8, 4) is 11.5 Å². The summed E-state index contributed by atoms with van der Waals surface area (Å²) in [5.74, 6) is 0.152. The number of halogens is 1. The van der Waals surface area contributed by atoms with Crippen LogP contribution in [-0.4, -0.2) is 31.1 Å². The van der Waals surface area contributed by atoms with Gasteiger partial charge in [-0.05, 0) is 54.7 Å². The highest BCUT2D eigenvalue weighted by atomic mass is 79.9. The minimum absolute atomic E-state index is 0.0566. The molecule has 26 heavy (non-hydrogen) atoms. The van der Waals surface area contributed by atoms with Gasteiger partial charge in [0.15, 0.2) is 5.11 Å². The Labute approximate surface area is 164 Å². The van der Waals surface area contributed by atoms with E-state index in [1.807, 2.05) is 0 Å². The second-order valence-electron chi connectivity index (χ2n) is 4.94. The van der Waals surface area contributed by atoms with Crippen LogP contribution in [0.1, 0.15) is 20.7 Å². The fourth-order valence-electron chi connectivity index (χ4n) is 1.99. The molecule has 9 heteroatoms. The molecule has 0 atom stereocenters. The molecule has 3 N–H and O–H groups in total. The van der Waals surface area contributed by atoms with Crippen LogP contribution in [0.4, 0.5) is 0 Å². The van der Waals surface area contributed by atoms with Crippen molar-refractivity contribution in [3.63, 3.8) is 0 Å². The van der Waals surface area contributed by atoms with Crippen molar-refractivity contribution in [1.82, 2.24) is 16.2 Å². The second kappa shape index (κ2) is 9.16. The molecule has 0 aromatic heterocycles. The normalized spacial score (nSPS) is 9.81. The van der Waals surface area contributed by atoms with E-state index in [0.717, 1.165) is 4.47 Å². The first-order chi connectivity index (χ1) is 12.4. The van der Waals surface area contributed by atoms with Gasteiger partial charge in [0.25, 0.3) is 11.8 Å². The third-order valence-corrected chi connectivity index (χ3v) is 3.97. The van der Waals surface area contributed by atoms with Gasteiger partial charge in [-0.1, -0.05) is 15.9 Å². The van der Waals surface area contributed by atoms with E-state index < -0.39 is 11.8 Å².